The van der Waals surface area contributed by atoms with E-state index in [1.165, 1.54) is 43.9 Å². The number of ether oxygens (including phenoxy) is 1. The number of hydrogen-bond acceptors (Lipinski definition) is 4. The molecule has 5 nitrogen and oxygen atoms in total. The summed E-state index contributed by atoms with van der Waals surface area (Å²) in [4.78, 5) is 11.0. The first-order valence-electron chi connectivity index (χ1n) is 13.5. The second kappa shape index (κ2) is 13.7. The molecule has 2 aromatic rings. The van der Waals surface area contributed by atoms with Crippen LogP contribution in [0, 0.1) is 11.7 Å². The average Bonchev–Trinajstić information content (AvgIpc) is 3.33. The maximum absolute atomic E-state index is 14.0. The minimum Gasteiger partial charge on any atom is -0.481 e. The third kappa shape index (κ3) is 8.27. The molecule has 0 aliphatic heterocycles. The van der Waals surface area contributed by atoms with Gasteiger partial charge in [0.1, 0.15) is 5.82 Å². The molecule has 0 spiro atoms. The Bertz CT molecular complexity index is 1200. The van der Waals surface area contributed by atoms with Gasteiger partial charge in [0, 0.05) is 6.61 Å². The predicted octanol–water partition coefficient (Wildman–Crippen LogP) is 7.67. The number of hydrogen-bond donors (Lipinski definition) is 1. The Morgan fingerprint density at radius 3 is 2.10 bits per heavy atom. The fourth-order valence-corrected chi connectivity index (χ4v) is 7.13. The van der Waals surface area contributed by atoms with Gasteiger partial charge in [-0.2, -0.15) is 13.2 Å². The highest BCUT2D eigenvalue weighted by atomic mass is 32.2. The molecule has 216 valence electrons. The van der Waals surface area contributed by atoms with Crippen LogP contribution in [0.2, 0.25) is 0 Å². The lowest BCUT2D eigenvalue weighted by atomic mass is 10.0. The summed E-state index contributed by atoms with van der Waals surface area (Å²) in [6.07, 6.45) is 2.15. The van der Waals surface area contributed by atoms with Crippen LogP contribution in [0.15, 0.2) is 47.4 Å². The number of carboxylic acid groups (broad SMARTS) is 1. The molecule has 1 saturated carbocycles. The van der Waals surface area contributed by atoms with E-state index in [0.29, 0.717) is 12.0 Å². The molecule has 3 atom stereocenters. The molecular weight excluding hydrogens is 536 g/mol. The average molecular weight is 573 g/mol. The fraction of sp³-hybridized carbons (Fsp3) is 0.552. The fourth-order valence-electron chi connectivity index (χ4n) is 5.12. The summed E-state index contributed by atoms with van der Waals surface area (Å²) in [7, 11) is -4.53. The molecule has 2 aromatic carbocycles. The molecule has 1 aliphatic rings. The Hall–Kier alpha value is -2.46. The largest absolute Gasteiger partial charge is 0.481 e. The van der Waals surface area contributed by atoms with Crippen molar-refractivity contribution < 1.29 is 40.6 Å². The quantitative estimate of drug-likeness (QED) is 0.186. The number of alkyl halides is 3. The van der Waals surface area contributed by atoms with Crippen LogP contribution in [-0.2, 0) is 25.5 Å². The number of aliphatic carboxylic acids is 1. The zero-order valence-electron chi connectivity index (χ0n) is 22.1. The summed E-state index contributed by atoms with van der Waals surface area (Å²) in [5.74, 6) is -2.90. The second-order valence-electron chi connectivity index (χ2n) is 10.2. The van der Waals surface area contributed by atoms with E-state index in [0.717, 1.165) is 43.5 Å². The maximum Gasteiger partial charge on any atom is 0.417 e. The standard InChI is InChI=1S/C29H36F4O5S/c1-2-3-4-5-6-7-8-9-16-38-26-19-23(18-24(26)28(34)35)39(36,37)27-15-12-21(17-25(27)29(31,32)33)20-10-13-22(30)14-11-20/h10-15,17,23-24,26H,2-9,16,18-19H2,1H3,(H,34,35)/t23-,24-,26-/m0/s1. The zero-order chi connectivity index (χ0) is 28.6. The van der Waals surface area contributed by atoms with Crippen LogP contribution < -0.4 is 0 Å². The predicted molar refractivity (Wildman–Crippen MR) is 141 cm³/mol. The van der Waals surface area contributed by atoms with Crippen molar-refractivity contribution in [3.63, 3.8) is 0 Å². The molecule has 0 unspecified atom stereocenters. The Morgan fingerprint density at radius 2 is 1.51 bits per heavy atom. The highest BCUT2D eigenvalue weighted by Crippen LogP contribution is 2.42. The molecule has 0 aromatic heterocycles. The highest BCUT2D eigenvalue weighted by molar-refractivity contribution is 7.92. The van der Waals surface area contributed by atoms with E-state index in [1.54, 1.807) is 0 Å². The molecule has 1 N–H and O–H groups in total. The summed E-state index contributed by atoms with van der Waals surface area (Å²) in [5.41, 5.74) is -0.950. The molecule has 0 saturated heterocycles. The molecule has 10 heteroatoms. The van der Waals surface area contributed by atoms with Gasteiger partial charge in [-0.15, -0.1) is 0 Å². The van der Waals surface area contributed by atoms with Crippen molar-refractivity contribution in [3.05, 3.63) is 53.8 Å². The lowest BCUT2D eigenvalue weighted by Gasteiger charge is -2.18. The van der Waals surface area contributed by atoms with E-state index in [9.17, 15) is 35.9 Å². The molecule has 3 rings (SSSR count). The molecule has 0 heterocycles. The molecule has 0 radical (unpaired) electrons. The van der Waals surface area contributed by atoms with Crippen molar-refractivity contribution in [2.24, 2.45) is 5.92 Å². The number of halogens is 4. The van der Waals surface area contributed by atoms with Gasteiger partial charge in [-0.1, -0.05) is 70.1 Å². The molecule has 1 aliphatic carbocycles. The lowest BCUT2D eigenvalue weighted by molar-refractivity contribution is -0.146. The summed E-state index contributed by atoms with van der Waals surface area (Å²) in [6.45, 7) is 2.43. The first-order chi connectivity index (χ1) is 18.4. The number of benzene rings is 2. The Balaban J connectivity index is 1.72. The monoisotopic (exact) mass is 572 g/mol. The van der Waals surface area contributed by atoms with E-state index in [4.69, 9.17) is 4.74 Å². The third-order valence-corrected chi connectivity index (χ3v) is 9.55. The van der Waals surface area contributed by atoms with Crippen LogP contribution in [0.3, 0.4) is 0 Å². The third-order valence-electron chi connectivity index (χ3n) is 7.32. The van der Waals surface area contributed by atoms with E-state index >= 15 is 0 Å². The highest BCUT2D eigenvalue weighted by Gasteiger charge is 2.48. The molecule has 0 amide bonds. The summed E-state index contributed by atoms with van der Waals surface area (Å²) < 4.78 is 87.9. The van der Waals surface area contributed by atoms with Crippen molar-refractivity contribution in [3.8, 4) is 11.1 Å². The van der Waals surface area contributed by atoms with Gasteiger partial charge in [-0.25, -0.2) is 12.8 Å². The number of carbonyl (C=O) groups is 1. The molecular formula is C29H36F4O5S. The Morgan fingerprint density at radius 1 is 0.923 bits per heavy atom. The topological polar surface area (TPSA) is 80.7 Å². The summed E-state index contributed by atoms with van der Waals surface area (Å²) in [5, 5.41) is 8.35. The first kappa shape index (κ1) is 31.1. The second-order valence-corrected chi connectivity index (χ2v) is 12.4. The van der Waals surface area contributed by atoms with Crippen molar-refractivity contribution in [2.45, 2.75) is 93.6 Å². The van der Waals surface area contributed by atoms with Crippen LogP contribution >= 0.6 is 0 Å². The van der Waals surface area contributed by atoms with Gasteiger partial charge < -0.3 is 9.84 Å². The maximum atomic E-state index is 14.0. The van der Waals surface area contributed by atoms with Crippen LogP contribution in [0.5, 0.6) is 0 Å². The van der Waals surface area contributed by atoms with Gasteiger partial charge in [0.25, 0.3) is 0 Å². The van der Waals surface area contributed by atoms with Gasteiger partial charge in [0.2, 0.25) is 0 Å². The van der Waals surface area contributed by atoms with E-state index in [-0.39, 0.29) is 25.0 Å². The number of rotatable bonds is 14. The number of sulfone groups is 1. The Kier molecular flexibility index (Phi) is 11.0. The molecule has 1 fully saturated rings. The van der Waals surface area contributed by atoms with Crippen LogP contribution in [0.4, 0.5) is 17.6 Å². The van der Waals surface area contributed by atoms with Crippen molar-refractivity contribution in [2.75, 3.05) is 6.61 Å². The number of unbranched alkanes of at least 4 members (excludes halogenated alkanes) is 7. The minimum atomic E-state index is -4.98. The van der Waals surface area contributed by atoms with Gasteiger partial charge >= 0.3 is 12.1 Å². The van der Waals surface area contributed by atoms with Crippen LogP contribution in [0.25, 0.3) is 11.1 Å². The van der Waals surface area contributed by atoms with Gasteiger partial charge in [-0.3, -0.25) is 4.79 Å². The van der Waals surface area contributed by atoms with E-state index in [2.05, 4.69) is 6.92 Å². The molecule has 39 heavy (non-hydrogen) atoms. The van der Waals surface area contributed by atoms with E-state index in [1.807, 2.05) is 0 Å². The van der Waals surface area contributed by atoms with Crippen LogP contribution in [-0.4, -0.2) is 37.5 Å². The van der Waals surface area contributed by atoms with Crippen molar-refractivity contribution >= 4 is 15.8 Å². The normalized spacial score (nSPS) is 19.9. The van der Waals surface area contributed by atoms with Gasteiger partial charge in [-0.05, 0) is 54.7 Å². The smallest absolute Gasteiger partial charge is 0.417 e. The first-order valence-corrected chi connectivity index (χ1v) is 15.0. The minimum absolute atomic E-state index is 0.0858. The number of carboxylic acids is 1. The van der Waals surface area contributed by atoms with Gasteiger partial charge in [0.05, 0.1) is 27.7 Å². The molecule has 0 bridgehead atoms. The van der Waals surface area contributed by atoms with Crippen molar-refractivity contribution in [1.82, 2.24) is 0 Å². The summed E-state index contributed by atoms with van der Waals surface area (Å²) >= 11 is 0. The summed E-state index contributed by atoms with van der Waals surface area (Å²) in [6, 6.07) is 7.71. The van der Waals surface area contributed by atoms with Crippen LogP contribution in [0.1, 0.15) is 76.7 Å². The van der Waals surface area contributed by atoms with Gasteiger partial charge in [0.15, 0.2) is 9.84 Å². The SMILES string of the molecule is CCCCCCCCCCO[C@H]1C[C@@H](S(=O)(=O)c2ccc(-c3ccc(F)cc3)cc2C(F)(F)F)C[C@@H]1C(=O)O. The lowest BCUT2D eigenvalue weighted by Crippen LogP contribution is -2.25. The Labute approximate surface area is 227 Å². The van der Waals surface area contributed by atoms with E-state index < -0.39 is 55.5 Å². The zero-order valence-corrected chi connectivity index (χ0v) is 22.9. The van der Waals surface area contributed by atoms with Crippen molar-refractivity contribution in [1.29, 1.82) is 0 Å².